The van der Waals surface area contributed by atoms with Crippen LogP contribution in [0.1, 0.15) is 56.1 Å². The Morgan fingerprint density at radius 1 is 1.16 bits per heavy atom. The van der Waals surface area contributed by atoms with E-state index in [1.165, 1.54) is 16.8 Å². The van der Waals surface area contributed by atoms with Crippen LogP contribution in [0.5, 0.6) is 5.88 Å². The Bertz CT molecular complexity index is 1410. The van der Waals surface area contributed by atoms with Gasteiger partial charge in [0.05, 0.1) is 17.8 Å². The van der Waals surface area contributed by atoms with E-state index in [1.54, 1.807) is 29.2 Å². The number of amides is 1. The maximum atomic E-state index is 13.0. The first-order valence-electron chi connectivity index (χ1n) is 12.1. The number of rotatable bonds is 9. The fourth-order valence-electron chi connectivity index (χ4n) is 4.02. The molecule has 2 atom stereocenters. The normalized spacial score (nSPS) is 13.6. The molecule has 0 radical (unpaired) electrons. The maximum Gasteiger partial charge on any atom is 0.422 e. The summed E-state index contributed by atoms with van der Waals surface area (Å²) >= 11 is 0. The zero-order valence-corrected chi connectivity index (χ0v) is 21.4. The van der Waals surface area contributed by atoms with Gasteiger partial charge in [0.2, 0.25) is 11.8 Å². The number of carbonyl (C=O) groups excluding carboxylic acids is 1. The fourth-order valence-corrected chi connectivity index (χ4v) is 4.02. The van der Waals surface area contributed by atoms with E-state index in [0.717, 1.165) is 17.5 Å². The van der Waals surface area contributed by atoms with Crippen LogP contribution in [0.25, 0.3) is 16.8 Å². The van der Waals surface area contributed by atoms with Gasteiger partial charge in [0, 0.05) is 41.8 Å². The Balaban J connectivity index is 1.65. The fraction of sp³-hybridized carbons (Fsp3) is 0.400. The van der Waals surface area contributed by atoms with E-state index in [4.69, 9.17) is 10.5 Å². The van der Waals surface area contributed by atoms with Crippen LogP contribution in [0.4, 0.5) is 19.1 Å². The molecule has 0 fully saturated rings. The van der Waals surface area contributed by atoms with E-state index in [-0.39, 0.29) is 35.7 Å². The predicted molar refractivity (Wildman–Crippen MR) is 135 cm³/mol. The van der Waals surface area contributed by atoms with Crippen molar-refractivity contribution < 1.29 is 22.7 Å². The van der Waals surface area contributed by atoms with Crippen molar-refractivity contribution in [2.45, 2.75) is 52.4 Å². The number of halogens is 3. The van der Waals surface area contributed by atoms with Crippen LogP contribution in [0.15, 0.2) is 43.0 Å². The van der Waals surface area contributed by atoms with Crippen molar-refractivity contribution in [3.05, 3.63) is 54.1 Å². The molecule has 1 unspecified atom stereocenters. The van der Waals surface area contributed by atoms with Crippen LogP contribution in [-0.4, -0.2) is 54.1 Å². The number of ether oxygens (including phenoxy) is 1. The van der Waals surface area contributed by atoms with E-state index in [0.29, 0.717) is 16.8 Å². The largest absolute Gasteiger partial charge is 0.468 e. The third-order valence-corrected chi connectivity index (χ3v) is 6.02. The third-order valence-electron chi connectivity index (χ3n) is 6.02. The summed E-state index contributed by atoms with van der Waals surface area (Å²) in [6.07, 6.45) is 3.03. The summed E-state index contributed by atoms with van der Waals surface area (Å²) in [4.78, 5) is 21.2. The van der Waals surface area contributed by atoms with Gasteiger partial charge in [-0.05, 0) is 37.0 Å². The molecule has 0 aromatic carbocycles. The minimum atomic E-state index is -4.44. The molecule has 4 aromatic heterocycles. The molecular formula is C25H29F3N8O2. The first kappa shape index (κ1) is 26.9. The van der Waals surface area contributed by atoms with Crippen molar-refractivity contribution in [3.8, 4) is 17.0 Å². The van der Waals surface area contributed by atoms with Gasteiger partial charge < -0.3 is 15.8 Å². The minimum absolute atomic E-state index is 0.0279. The lowest BCUT2D eigenvalue weighted by atomic mass is 9.97. The summed E-state index contributed by atoms with van der Waals surface area (Å²) in [5, 5.41) is 11.7. The quantitative estimate of drug-likeness (QED) is 0.331. The Hall–Kier alpha value is -4.16. The summed E-state index contributed by atoms with van der Waals surface area (Å²) in [5.74, 6) is -0.283. The number of carbonyl (C=O) groups is 1. The van der Waals surface area contributed by atoms with Crippen LogP contribution in [0.2, 0.25) is 0 Å². The molecule has 1 amide bonds. The highest BCUT2D eigenvalue weighted by atomic mass is 19.4. The second-order valence-corrected chi connectivity index (χ2v) is 9.39. The van der Waals surface area contributed by atoms with E-state index >= 15 is 0 Å². The number of hydrogen-bond acceptors (Lipinski definition) is 7. The number of aromatic nitrogens is 6. The number of fused-ring (bicyclic) bond motifs is 1. The van der Waals surface area contributed by atoms with Gasteiger partial charge in [-0.25, -0.2) is 9.50 Å². The SMILES string of the molecule is CC[C@H](C)NC(=O)c1cc(-c2cnn(C(c3ccc(OCC(F)(F)F)nc3)C(C)C)c2)cn2nc(N)nc12. The lowest BCUT2D eigenvalue weighted by Gasteiger charge is -2.22. The van der Waals surface area contributed by atoms with Gasteiger partial charge in [0.25, 0.3) is 5.91 Å². The second kappa shape index (κ2) is 10.7. The first-order chi connectivity index (χ1) is 17.9. The molecule has 202 valence electrons. The van der Waals surface area contributed by atoms with Gasteiger partial charge in [0.1, 0.15) is 0 Å². The molecular weight excluding hydrogens is 501 g/mol. The molecule has 0 saturated heterocycles. The van der Waals surface area contributed by atoms with Gasteiger partial charge in [-0.3, -0.25) is 9.48 Å². The van der Waals surface area contributed by atoms with Gasteiger partial charge in [-0.15, -0.1) is 5.10 Å². The highest BCUT2D eigenvalue weighted by molar-refractivity contribution is 6.01. The zero-order chi connectivity index (χ0) is 27.6. The number of pyridine rings is 2. The smallest absolute Gasteiger partial charge is 0.422 e. The topological polar surface area (TPSA) is 125 Å². The number of nitrogens with zero attached hydrogens (tertiary/aromatic N) is 6. The van der Waals surface area contributed by atoms with E-state index in [9.17, 15) is 18.0 Å². The van der Waals surface area contributed by atoms with Gasteiger partial charge in [-0.2, -0.15) is 23.3 Å². The van der Waals surface area contributed by atoms with Crippen molar-refractivity contribution >= 4 is 17.5 Å². The lowest BCUT2D eigenvalue weighted by molar-refractivity contribution is -0.154. The summed E-state index contributed by atoms with van der Waals surface area (Å²) in [6.45, 7) is 6.49. The zero-order valence-electron chi connectivity index (χ0n) is 21.4. The van der Waals surface area contributed by atoms with Crippen molar-refractivity contribution in [2.75, 3.05) is 12.3 Å². The molecule has 0 aliphatic rings. The highest BCUT2D eigenvalue weighted by Gasteiger charge is 2.29. The Morgan fingerprint density at radius 3 is 2.55 bits per heavy atom. The van der Waals surface area contributed by atoms with Crippen molar-refractivity contribution in [2.24, 2.45) is 5.92 Å². The number of nitrogens with one attached hydrogen (secondary N) is 1. The van der Waals surface area contributed by atoms with Gasteiger partial charge in [-0.1, -0.05) is 20.8 Å². The molecule has 13 heteroatoms. The van der Waals surface area contributed by atoms with Crippen molar-refractivity contribution in [1.82, 2.24) is 34.7 Å². The van der Waals surface area contributed by atoms with Crippen LogP contribution >= 0.6 is 0 Å². The predicted octanol–water partition coefficient (Wildman–Crippen LogP) is 4.28. The minimum Gasteiger partial charge on any atom is -0.468 e. The Kier molecular flexibility index (Phi) is 7.56. The molecule has 3 N–H and O–H groups in total. The average molecular weight is 531 g/mol. The molecule has 10 nitrogen and oxygen atoms in total. The van der Waals surface area contributed by atoms with Crippen LogP contribution in [0.3, 0.4) is 0 Å². The first-order valence-corrected chi connectivity index (χ1v) is 12.1. The van der Waals surface area contributed by atoms with E-state index in [1.807, 2.05) is 33.9 Å². The summed E-state index contributed by atoms with van der Waals surface area (Å²) in [7, 11) is 0. The molecule has 0 aliphatic heterocycles. The lowest BCUT2D eigenvalue weighted by Crippen LogP contribution is -2.32. The summed E-state index contributed by atoms with van der Waals surface area (Å²) in [5.41, 5.74) is 8.64. The Morgan fingerprint density at radius 2 is 1.92 bits per heavy atom. The summed E-state index contributed by atoms with van der Waals surface area (Å²) in [6, 6.07) is 4.52. The van der Waals surface area contributed by atoms with Crippen molar-refractivity contribution in [3.63, 3.8) is 0 Å². The van der Waals surface area contributed by atoms with E-state index in [2.05, 4.69) is 25.5 Å². The van der Waals surface area contributed by atoms with Crippen LogP contribution in [-0.2, 0) is 0 Å². The molecule has 38 heavy (non-hydrogen) atoms. The molecule has 4 heterocycles. The number of nitrogen functional groups attached to an aromatic ring is 1. The summed E-state index contributed by atoms with van der Waals surface area (Å²) < 4.78 is 45.3. The average Bonchev–Trinajstić information content (AvgIpc) is 3.48. The molecule has 4 aromatic rings. The van der Waals surface area contributed by atoms with Crippen LogP contribution in [0, 0.1) is 5.92 Å². The maximum absolute atomic E-state index is 13.0. The van der Waals surface area contributed by atoms with Gasteiger partial charge >= 0.3 is 6.18 Å². The number of alkyl halides is 3. The molecule has 0 bridgehead atoms. The monoisotopic (exact) mass is 530 g/mol. The van der Waals surface area contributed by atoms with Crippen LogP contribution < -0.4 is 15.8 Å². The molecule has 0 spiro atoms. The number of hydrogen-bond donors (Lipinski definition) is 2. The van der Waals surface area contributed by atoms with Gasteiger partial charge in [0.15, 0.2) is 12.3 Å². The highest BCUT2D eigenvalue weighted by Crippen LogP contribution is 2.30. The molecule has 0 saturated carbocycles. The standard InChI is InChI=1S/C25H29F3N8O2/c1-5-15(4)32-23(37)19-8-17(11-36-22(19)33-24(29)34-36)18-10-31-35(12-18)21(14(2)3)16-6-7-20(30-9-16)38-13-25(26,27)28/h6-12,14-15,21H,5,13H2,1-4H3,(H2,29,34)(H,32,37)/t15-,21?/m0/s1. The van der Waals surface area contributed by atoms with Crippen molar-refractivity contribution in [1.29, 1.82) is 0 Å². The number of nitrogens with two attached hydrogens (primary N) is 1. The molecule has 0 aliphatic carbocycles. The van der Waals surface area contributed by atoms with E-state index < -0.39 is 12.8 Å². The Labute approximate surface area is 217 Å². The third kappa shape index (κ3) is 6.03. The number of anilines is 1. The molecule has 4 rings (SSSR count). The second-order valence-electron chi connectivity index (χ2n) is 9.39.